The van der Waals surface area contributed by atoms with E-state index in [1.54, 1.807) is 0 Å². The summed E-state index contributed by atoms with van der Waals surface area (Å²) in [6.45, 7) is -0.120. The van der Waals surface area contributed by atoms with Gasteiger partial charge in [-0.3, -0.25) is 19.8 Å². The molecule has 0 bridgehead atoms. The first-order chi connectivity index (χ1) is 10.8. The zero-order valence-electron chi connectivity index (χ0n) is 11.4. The summed E-state index contributed by atoms with van der Waals surface area (Å²) >= 11 is 5.93. The lowest BCUT2D eigenvalue weighted by atomic mass is 10.1. The maximum atomic E-state index is 12.2. The number of carbonyl (C=O) groups excluding carboxylic acids is 2. The Bertz CT molecular complexity index is 746. The van der Waals surface area contributed by atoms with Gasteiger partial charge in [0.25, 0.3) is 11.6 Å². The number of amides is 1. The average molecular weight is 353 g/mol. The summed E-state index contributed by atoms with van der Waals surface area (Å²) in [4.78, 5) is 34.0. The first-order valence-electron chi connectivity index (χ1n) is 6.22. The highest BCUT2D eigenvalue weighted by Gasteiger charge is 2.31. The highest BCUT2D eigenvalue weighted by Crippen LogP contribution is 2.34. The Morgan fingerprint density at radius 3 is 2.78 bits per heavy atom. The predicted molar refractivity (Wildman–Crippen MR) is 84.3 cm³/mol. The van der Waals surface area contributed by atoms with Gasteiger partial charge in [0.1, 0.15) is 10.1 Å². The molecule has 0 saturated carbocycles. The second-order valence-electron chi connectivity index (χ2n) is 4.46. The number of phenolic OH excluding ortho intramolecular Hbond substituents is 1. The van der Waals surface area contributed by atoms with Crippen LogP contribution in [-0.4, -0.2) is 37.7 Å². The molecule has 0 aliphatic carbocycles. The van der Waals surface area contributed by atoms with Gasteiger partial charge in [-0.25, -0.2) is 0 Å². The highest BCUT2D eigenvalue weighted by molar-refractivity contribution is 8.26. The number of nitro benzene ring substituents is 1. The van der Waals surface area contributed by atoms with Gasteiger partial charge >= 0.3 is 0 Å². The number of phenols is 1. The van der Waals surface area contributed by atoms with E-state index < -0.39 is 16.8 Å². The number of thiocarbonyl (C=S) groups is 1. The monoisotopic (exact) mass is 353 g/mol. The summed E-state index contributed by atoms with van der Waals surface area (Å²) in [6.07, 6.45) is 0.919. The van der Waals surface area contributed by atoms with Crippen LogP contribution in [0.2, 0.25) is 0 Å². The Balaban J connectivity index is 2.28. The van der Waals surface area contributed by atoms with Gasteiger partial charge in [0.05, 0.1) is 9.83 Å². The number of aromatic hydroxyl groups is 1. The molecular weight excluding hydrogens is 344 g/mol. The normalized spacial score (nSPS) is 16.2. The smallest absolute Gasteiger partial charge is 0.270 e. The summed E-state index contributed by atoms with van der Waals surface area (Å²) in [5, 5.41) is 31.0. The number of rotatable bonds is 5. The molecule has 0 unspecified atom stereocenters. The van der Waals surface area contributed by atoms with Crippen molar-refractivity contribution >= 4 is 51.9 Å². The van der Waals surface area contributed by atoms with Crippen molar-refractivity contribution in [2.24, 2.45) is 0 Å². The molecule has 2 rings (SSSR count). The van der Waals surface area contributed by atoms with Crippen molar-refractivity contribution in [1.82, 2.24) is 4.90 Å². The Kier molecular flexibility index (Phi) is 4.96. The summed E-state index contributed by atoms with van der Waals surface area (Å²) in [6, 6.07) is 3.42. The van der Waals surface area contributed by atoms with Crippen molar-refractivity contribution in [2.75, 3.05) is 6.54 Å². The largest absolute Gasteiger partial charge is 0.550 e. The van der Waals surface area contributed by atoms with Crippen molar-refractivity contribution < 1.29 is 24.7 Å². The number of nitro groups is 1. The lowest BCUT2D eigenvalue weighted by Crippen LogP contribution is -2.33. The quantitative estimate of drug-likeness (QED) is 0.354. The molecule has 1 saturated heterocycles. The Morgan fingerprint density at radius 2 is 2.17 bits per heavy atom. The summed E-state index contributed by atoms with van der Waals surface area (Å²) in [5.74, 6) is -2.05. The second-order valence-corrected chi connectivity index (χ2v) is 6.13. The fraction of sp³-hybridized carbons (Fsp3) is 0.154. The van der Waals surface area contributed by atoms with Gasteiger partial charge in [0.15, 0.2) is 0 Å². The molecular formula is C13H9N2O6S2-. The van der Waals surface area contributed by atoms with Crippen LogP contribution < -0.4 is 5.11 Å². The van der Waals surface area contributed by atoms with E-state index in [0.29, 0.717) is 0 Å². The maximum Gasteiger partial charge on any atom is 0.270 e. The third kappa shape index (κ3) is 3.85. The number of benzene rings is 1. The molecule has 1 heterocycles. The molecule has 120 valence electrons. The number of hydrogen-bond donors (Lipinski definition) is 1. The molecule has 1 N–H and O–H groups in total. The molecule has 10 heteroatoms. The van der Waals surface area contributed by atoms with Crippen LogP contribution in [0.15, 0.2) is 23.1 Å². The zero-order chi connectivity index (χ0) is 17.1. The third-order valence-corrected chi connectivity index (χ3v) is 4.30. The predicted octanol–water partition coefficient (Wildman–Crippen LogP) is 0.642. The van der Waals surface area contributed by atoms with Gasteiger partial charge in [-0.2, -0.15) is 0 Å². The number of carboxylic acids is 1. The number of thioether (sulfide) groups is 1. The average Bonchev–Trinajstić information content (AvgIpc) is 2.73. The van der Waals surface area contributed by atoms with E-state index in [-0.39, 0.29) is 39.2 Å². The fourth-order valence-corrected chi connectivity index (χ4v) is 3.11. The highest BCUT2D eigenvalue weighted by atomic mass is 32.2. The van der Waals surface area contributed by atoms with Gasteiger partial charge in [0, 0.05) is 36.6 Å². The van der Waals surface area contributed by atoms with Crippen LogP contribution in [0.3, 0.4) is 0 Å². The lowest BCUT2D eigenvalue weighted by Gasteiger charge is -2.14. The van der Waals surface area contributed by atoms with E-state index >= 15 is 0 Å². The first-order valence-corrected chi connectivity index (χ1v) is 7.44. The molecule has 1 aliphatic heterocycles. The topological polar surface area (TPSA) is 124 Å². The van der Waals surface area contributed by atoms with Gasteiger partial charge in [0.2, 0.25) is 0 Å². The van der Waals surface area contributed by atoms with Crippen LogP contribution in [0.4, 0.5) is 5.69 Å². The van der Waals surface area contributed by atoms with Crippen molar-refractivity contribution in [3.8, 4) is 5.75 Å². The Labute approximate surface area is 139 Å². The summed E-state index contributed by atoms with van der Waals surface area (Å²) < 4.78 is 0.174. The number of carbonyl (C=O) groups is 2. The minimum Gasteiger partial charge on any atom is -0.550 e. The number of non-ortho nitro benzene ring substituents is 1. The molecule has 1 fully saturated rings. The molecule has 1 aromatic rings. The van der Waals surface area contributed by atoms with Gasteiger partial charge < -0.3 is 15.0 Å². The van der Waals surface area contributed by atoms with Crippen LogP contribution in [0.5, 0.6) is 5.75 Å². The van der Waals surface area contributed by atoms with E-state index in [1.807, 2.05) is 0 Å². The summed E-state index contributed by atoms with van der Waals surface area (Å²) in [7, 11) is 0. The molecule has 0 radical (unpaired) electrons. The van der Waals surface area contributed by atoms with E-state index in [1.165, 1.54) is 6.08 Å². The molecule has 1 amide bonds. The molecule has 0 atom stereocenters. The molecule has 1 aromatic carbocycles. The fourth-order valence-electron chi connectivity index (χ4n) is 1.81. The number of nitrogens with zero attached hydrogens (tertiary/aromatic N) is 2. The molecule has 0 spiro atoms. The SMILES string of the molecule is O=C([O-])CCN1C(=O)C(=Cc2cc([N+](=O)[O-])ccc2O)SC1=S. The summed E-state index contributed by atoms with van der Waals surface area (Å²) in [5.41, 5.74) is -0.138. The minimum atomic E-state index is -1.31. The van der Waals surface area contributed by atoms with E-state index in [4.69, 9.17) is 12.2 Å². The Morgan fingerprint density at radius 1 is 1.48 bits per heavy atom. The molecule has 1 aliphatic rings. The van der Waals surface area contributed by atoms with E-state index in [2.05, 4.69) is 0 Å². The van der Waals surface area contributed by atoms with Crippen molar-refractivity contribution in [1.29, 1.82) is 0 Å². The van der Waals surface area contributed by atoms with Crippen LogP contribution in [0.1, 0.15) is 12.0 Å². The standard InChI is InChI=1S/C13H10N2O6S2/c16-9-2-1-8(15(20)21)5-7(9)6-10-12(19)14(13(22)23-10)4-3-11(17)18/h1-2,5-6,16H,3-4H2,(H,17,18)/p-1. The molecule has 8 nitrogen and oxygen atoms in total. The number of carboxylic acid groups (broad SMARTS) is 1. The van der Waals surface area contributed by atoms with Crippen LogP contribution >= 0.6 is 24.0 Å². The maximum absolute atomic E-state index is 12.2. The van der Waals surface area contributed by atoms with Crippen LogP contribution in [0, 0.1) is 10.1 Å². The third-order valence-electron chi connectivity index (χ3n) is 2.92. The van der Waals surface area contributed by atoms with Crippen molar-refractivity contribution in [2.45, 2.75) is 6.42 Å². The van der Waals surface area contributed by atoms with Crippen molar-refractivity contribution in [3.05, 3.63) is 38.8 Å². The number of aliphatic carboxylic acids is 1. The number of hydrogen-bond acceptors (Lipinski definition) is 8. The zero-order valence-corrected chi connectivity index (χ0v) is 13.1. The van der Waals surface area contributed by atoms with Crippen molar-refractivity contribution in [3.63, 3.8) is 0 Å². The Hall–Kier alpha value is -2.46. The van der Waals surface area contributed by atoms with E-state index in [0.717, 1.165) is 34.9 Å². The molecule has 0 aromatic heterocycles. The van der Waals surface area contributed by atoms with Crippen LogP contribution in [0.25, 0.3) is 6.08 Å². The first kappa shape index (κ1) is 16.9. The molecule has 23 heavy (non-hydrogen) atoms. The van der Waals surface area contributed by atoms with Gasteiger partial charge in [-0.15, -0.1) is 0 Å². The van der Waals surface area contributed by atoms with Crippen LogP contribution in [-0.2, 0) is 9.59 Å². The van der Waals surface area contributed by atoms with Gasteiger partial charge in [-0.1, -0.05) is 24.0 Å². The minimum absolute atomic E-state index is 0.0969. The van der Waals surface area contributed by atoms with Gasteiger partial charge in [-0.05, 0) is 12.1 Å². The lowest BCUT2D eigenvalue weighted by molar-refractivity contribution is -0.384. The van der Waals surface area contributed by atoms with E-state index in [9.17, 15) is 29.9 Å². The second kappa shape index (κ2) is 6.75.